The van der Waals surface area contributed by atoms with Crippen LogP contribution in [0.1, 0.15) is 55.7 Å². The minimum absolute atomic E-state index is 0.139. The fourth-order valence-electron chi connectivity index (χ4n) is 4.64. The molecule has 39 heavy (non-hydrogen) atoms. The molecule has 3 atom stereocenters. The van der Waals surface area contributed by atoms with E-state index in [1.54, 1.807) is 54.6 Å². The second-order valence-corrected chi connectivity index (χ2v) is 9.40. The normalized spacial score (nSPS) is 17.5. The second-order valence-electron chi connectivity index (χ2n) is 9.40. The monoisotopic (exact) mass is 554 g/mol. The first-order valence-corrected chi connectivity index (χ1v) is 12.5. The minimum Gasteiger partial charge on any atom is -0.328 e. The third-order valence-electron chi connectivity index (χ3n) is 6.59. The van der Waals surface area contributed by atoms with E-state index in [1.807, 2.05) is 0 Å². The second kappa shape index (κ2) is 12.6. The van der Waals surface area contributed by atoms with Crippen LogP contribution in [0.5, 0.6) is 0 Å². The number of carbonyl (C=O) groups is 3. The predicted octanol–water partition coefficient (Wildman–Crippen LogP) is 5.99. The number of aliphatic imine (C=N–C) groups is 1. The number of amides is 1. The number of benzene rings is 2. The van der Waals surface area contributed by atoms with Gasteiger partial charge in [-0.25, -0.2) is 0 Å². The fraction of sp³-hybridized carbons (Fsp3) is 0.429. The van der Waals surface area contributed by atoms with Gasteiger partial charge in [-0.2, -0.15) is 26.3 Å². The summed E-state index contributed by atoms with van der Waals surface area (Å²) in [6.45, 7) is 1.37. The number of hydrogen-bond donors (Lipinski definition) is 1. The van der Waals surface area contributed by atoms with Gasteiger partial charge in [-0.15, -0.1) is 0 Å². The third kappa shape index (κ3) is 8.49. The molecule has 3 rings (SSSR count). The molecule has 0 saturated heterocycles. The number of alkyl halides is 6. The highest BCUT2D eigenvalue weighted by molar-refractivity contribution is 6.16. The van der Waals surface area contributed by atoms with Crippen molar-refractivity contribution in [3.63, 3.8) is 0 Å². The van der Waals surface area contributed by atoms with Gasteiger partial charge in [0.2, 0.25) is 5.91 Å². The van der Waals surface area contributed by atoms with Gasteiger partial charge in [0.05, 0.1) is 5.71 Å². The summed E-state index contributed by atoms with van der Waals surface area (Å²) in [4.78, 5) is 43.5. The number of nitrogens with one attached hydrogen (secondary N) is 1. The molecule has 1 heterocycles. The van der Waals surface area contributed by atoms with Crippen molar-refractivity contribution in [3.8, 4) is 0 Å². The van der Waals surface area contributed by atoms with E-state index < -0.39 is 73.5 Å². The molecule has 2 aromatic rings. The largest absolute Gasteiger partial charge is 0.389 e. The van der Waals surface area contributed by atoms with E-state index in [0.717, 1.165) is 0 Å². The molecule has 210 valence electrons. The summed E-state index contributed by atoms with van der Waals surface area (Å²) >= 11 is 0. The summed E-state index contributed by atoms with van der Waals surface area (Å²) in [6, 6.07) is 15.7. The number of fused-ring (bicyclic) bond motifs is 1. The van der Waals surface area contributed by atoms with Crippen LogP contribution in [0.25, 0.3) is 0 Å². The van der Waals surface area contributed by atoms with Crippen molar-refractivity contribution >= 4 is 23.2 Å². The maximum Gasteiger partial charge on any atom is 0.389 e. The van der Waals surface area contributed by atoms with Crippen molar-refractivity contribution in [2.45, 2.75) is 64.0 Å². The molecule has 5 nitrogen and oxygen atoms in total. The van der Waals surface area contributed by atoms with Crippen molar-refractivity contribution in [3.05, 3.63) is 71.3 Å². The molecular formula is C28H28F6N2O3. The predicted molar refractivity (Wildman–Crippen MR) is 132 cm³/mol. The lowest BCUT2D eigenvalue weighted by Gasteiger charge is -2.27. The number of Topliss-reactive ketones (excluding diaryl/α,β-unsaturated/α-hetero) is 2. The summed E-state index contributed by atoms with van der Waals surface area (Å²) < 4.78 is 78.2. The summed E-state index contributed by atoms with van der Waals surface area (Å²) in [5.74, 6) is -5.75. The molecule has 0 saturated carbocycles. The lowest BCUT2D eigenvalue weighted by molar-refractivity contribution is -0.152. The molecule has 11 heteroatoms. The topological polar surface area (TPSA) is 75.6 Å². The van der Waals surface area contributed by atoms with Crippen molar-refractivity contribution in [1.82, 2.24) is 5.32 Å². The van der Waals surface area contributed by atoms with Gasteiger partial charge in [0, 0.05) is 48.6 Å². The standard InChI is InChI=1S/C28H28F6N2O3/c1-2-22(37)20(12-14-27(29,30)31)21(13-15-28(32,33)34)26(39)36-25-23(38)16-18-10-6-7-11-19(18)24(35-25)17-8-4-3-5-9-17/h3-11,20-21,25H,2,12-16H2,1H3,(H,36,39)/t20-,21+,25+/m0/s1. The minimum atomic E-state index is -4.71. The van der Waals surface area contributed by atoms with Crippen LogP contribution in [0, 0.1) is 11.8 Å². The molecule has 1 aliphatic rings. The SMILES string of the molecule is CCC(=O)[C@@H](CCC(F)(F)F)[C@@H](CCC(F)(F)F)C(=O)N[C@H]1N=C(c2ccccc2)c2ccccc2CC1=O. The van der Waals surface area contributed by atoms with Crippen molar-refractivity contribution < 1.29 is 40.7 Å². The van der Waals surface area contributed by atoms with Gasteiger partial charge in [-0.1, -0.05) is 61.5 Å². The van der Waals surface area contributed by atoms with Gasteiger partial charge < -0.3 is 5.32 Å². The Morgan fingerprint density at radius 2 is 1.46 bits per heavy atom. The van der Waals surface area contributed by atoms with Gasteiger partial charge in [0.15, 0.2) is 11.9 Å². The van der Waals surface area contributed by atoms with Crippen LogP contribution in [0.4, 0.5) is 26.3 Å². The maximum absolute atomic E-state index is 13.4. The maximum atomic E-state index is 13.4. The molecule has 0 radical (unpaired) electrons. The van der Waals surface area contributed by atoms with Crippen LogP contribution >= 0.6 is 0 Å². The quantitative estimate of drug-likeness (QED) is 0.367. The molecule has 0 aliphatic carbocycles. The summed E-state index contributed by atoms with van der Waals surface area (Å²) in [6.07, 6.45) is -15.9. The Morgan fingerprint density at radius 1 is 0.897 bits per heavy atom. The van der Waals surface area contributed by atoms with E-state index in [9.17, 15) is 40.7 Å². The highest BCUT2D eigenvalue weighted by atomic mass is 19.4. The number of ketones is 2. The van der Waals surface area contributed by atoms with E-state index in [-0.39, 0.29) is 12.8 Å². The molecule has 1 amide bonds. The molecule has 0 aromatic heterocycles. The van der Waals surface area contributed by atoms with E-state index in [0.29, 0.717) is 22.4 Å². The van der Waals surface area contributed by atoms with Crippen LogP contribution in [0.15, 0.2) is 59.6 Å². The first-order valence-electron chi connectivity index (χ1n) is 12.5. The zero-order chi connectivity index (χ0) is 28.8. The van der Waals surface area contributed by atoms with Crippen LogP contribution in [0.3, 0.4) is 0 Å². The van der Waals surface area contributed by atoms with Crippen molar-refractivity contribution in [1.29, 1.82) is 0 Å². The highest BCUT2D eigenvalue weighted by Crippen LogP contribution is 2.34. The van der Waals surface area contributed by atoms with E-state index >= 15 is 0 Å². The van der Waals surface area contributed by atoms with Crippen LogP contribution in [-0.2, 0) is 20.8 Å². The molecule has 1 aliphatic heterocycles. The molecular weight excluding hydrogens is 526 g/mol. The zero-order valence-electron chi connectivity index (χ0n) is 21.1. The Labute approximate surface area is 221 Å². The summed E-state index contributed by atoms with van der Waals surface area (Å²) in [5.41, 5.74) is 2.25. The average molecular weight is 555 g/mol. The zero-order valence-corrected chi connectivity index (χ0v) is 21.1. The van der Waals surface area contributed by atoms with Gasteiger partial charge in [0.25, 0.3) is 0 Å². The lowest BCUT2D eigenvalue weighted by atomic mass is 9.80. The number of rotatable bonds is 10. The number of carbonyl (C=O) groups excluding carboxylic acids is 3. The summed E-state index contributed by atoms with van der Waals surface area (Å²) in [5, 5.41) is 2.36. The number of nitrogens with zero attached hydrogens (tertiary/aromatic N) is 1. The first kappa shape index (κ1) is 30.0. The van der Waals surface area contributed by atoms with Crippen LogP contribution in [0.2, 0.25) is 0 Å². The Hall–Kier alpha value is -3.50. The smallest absolute Gasteiger partial charge is 0.328 e. The van der Waals surface area contributed by atoms with Gasteiger partial charge in [0.1, 0.15) is 5.78 Å². The average Bonchev–Trinajstić information content (AvgIpc) is 3.00. The van der Waals surface area contributed by atoms with E-state index in [1.165, 1.54) is 6.92 Å². The van der Waals surface area contributed by atoms with Gasteiger partial charge in [-0.3, -0.25) is 19.4 Å². The molecule has 0 unspecified atom stereocenters. The van der Waals surface area contributed by atoms with Crippen LogP contribution in [-0.4, -0.2) is 41.7 Å². The lowest BCUT2D eigenvalue weighted by Crippen LogP contribution is -2.46. The van der Waals surface area contributed by atoms with E-state index in [2.05, 4.69) is 10.3 Å². The third-order valence-corrected chi connectivity index (χ3v) is 6.59. The first-order chi connectivity index (χ1) is 18.3. The molecule has 1 N–H and O–H groups in total. The Bertz CT molecular complexity index is 1210. The summed E-state index contributed by atoms with van der Waals surface area (Å²) in [7, 11) is 0. The van der Waals surface area contributed by atoms with Crippen molar-refractivity contribution in [2.24, 2.45) is 16.8 Å². The van der Waals surface area contributed by atoms with Crippen molar-refractivity contribution in [2.75, 3.05) is 0 Å². The fourth-order valence-corrected chi connectivity index (χ4v) is 4.64. The molecule has 0 bridgehead atoms. The Balaban J connectivity index is 1.98. The number of hydrogen-bond acceptors (Lipinski definition) is 4. The van der Waals surface area contributed by atoms with E-state index in [4.69, 9.17) is 0 Å². The Kier molecular flexibility index (Phi) is 9.68. The highest BCUT2D eigenvalue weighted by Gasteiger charge is 2.40. The molecule has 0 spiro atoms. The van der Waals surface area contributed by atoms with Crippen LogP contribution < -0.4 is 5.32 Å². The Morgan fingerprint density at radius 3 is 2.05 bits per heavy atom. The molecule has 0 fully saturated rings. The number of halogens is 6. The van der Waals surface area contributed by atoms with Gasteiger partial charge >= 0.3 is 12.4 Å². The van der Waals surface area contributed by atoms with Gasteiger partial charge in [-0.05, 0) is 18.4 Å². The molecule has 2 aromatic carbocycles.